The summed E-state index contributed by atoms with van der Waals surface area (Å²) >= 11 is 0. The van der Waals surface area contributed by atoms with Crippen LogP contribution in [-0.4, -0.2) is 17.6 Å². The summed E-state index contributed by atoms with van der Waals surface area (Å²) in [6.07, 6.45) is 5.44. The highest BCUT2D eigenvalue weighted by molar-refractivity contribution is 5.76. The maximum absolute atomic E-state index is 11.9. The second-order valence-electron chi connectivity index (χ2n) is 5.77. The molecule has 2 rings (SSSR count). The van der Waals surface area contributed by atoms with E-state index in [1.807, 2.05) is 30.3 Å². The molecule has 0 spiro atoms. The molecule has 1 unspecified atom stereocenters. The molecule has 1 aliphatic carbocycles. The fourth-order valence-corrected chi connectivity index (χ4v) is 2.72. The van der Waals surface area contributed by atoms with Crippen molar-refractivity contribution in [1.82, 2.24) is 5.32 Å². The van der Waals surface area contributed by atoms with Gasteiger partial charge in [0.15, 0.2) is 0 Å². The number of nitrogens with one attached hydrogen (secondary N) is 1. The third-order valence-electron chi connectivity index (χ3n) is 3.97. The fourth-order valence-electron chi connectivity index (χ4n) is 2.72. The minimum absolute atomic E-state index is 0.0584. The zero-order valence-electron chi connectivity index (χ0n) is 11.6. The van der Waals surface area contributed by atoms with Crippen molar-refractivity contribution in [3.63, 3.8) is 0 Å². The van der Waals surface area contributed by atoms with Gasteiger partial charge in [-0.05, 0) is 31.2 Å². The molecule has 104 valence electrons. The third-order valence-corrected chi connectivity index (χ3v) is 3.97. The normalized spacial score (nSPS) is 19.1. The van der Waals surface area contributed by atoms with Gasteiger partial charge >= 0.3 is 0 Å². The fraction of sp³-hybridized carbons (Fsp3) is 0.562. The number of carbonyl (C=O) groups excluding carboxylic acids is 1. The lowest BCUT2D eigenvalue weighted by atomic mass is 9.96. The van der Waals surface area contributed by atoms with Gasteiger partial charge in [0.1, 0.15) is 5.60 Å². The van der Waals surface area contributed by atoms with E-state index >= 15 is 0 Å². The summed E-state index contributed by atoms with van der Waals surface area (Å²) in [7, 11) is 0. The van der Waals surface area contributed by atoms with Crippen LogP contribution in [0.4, 0.5) is 0 Å². The second kappa shape index (κ2) is 6.20. The van der Waals surface area contributed by atoms with Crippen molar-refractivity contribution in [3.8, 4) is 0 Å². The van der Waals surface area contributed by atoms with Crippen LogP contribution in [0.3, 0.4) is 0 Å². The van der Waals surface area contributed by atoms with Gasteiger partial charge in [-0.3, -0.25) is 4.79 Å². The number of amides is 1. The molecule has 0 saturated heterocycles. The number of carbonyl (C=O) groups is 1. The van der Waals surface area contributed by atoms with E-state index in [0.29, 0.717) is 12.3 Å². The van der Waals surface area contributed by atoms with Crippen molar-refractivity contribution < 1.29 is 9.90 Å². The Labute approximate surface area is 115 Å². The molecule has 0 heterocycles. The third kappa shape index (κ3) is 4.06. The molecule has 1 aromatic rings. The van der Waals surface area contributed by atoms with Gasteiger partial charge < -0.3 is 10.4 Å². The highest BCUT2D eigenvalue weighted by Crippen LogP contribution is 2.27. The molecule has 3 heteroatoms. The lowest BCUT2D eigenvalue weighted by Gasteiger charge is -2.24. The molecule has 1 atom stereocenters. The highest BCUT2D eigenvalue weighted by atomic mass is 16.3. The molecule has 3 nitrogen and oxygen atoms in total. The van der Waals surface area contributed by atoms with Crippen LogP contribution in [0.5, 0.6) is 0 Å². The molecule has 19 heavy (non-hydrogen) atoms. The van der Waals surface area contributed by atoms with E-state index in [1.165, 1.54) is 25.7 Å². The summed E-state index contributed by atoms with van der Waals surface area (Å²) in [6.45, 7) is 2.00. The molecule has 1 fully saturated rings. The molecule has 1 aliphatic rings. The summed E-state index contributed by atoms with van der Waals surface area (Å²) in [5.74, 6) is 0.602. The van der Waals surface area contributed by atoms with Gasteiger partial charge in [0, 0.05) is 6.42 Å². The zero-order chi connectivity index (χ0) is 13.7. The Hall–Kier alpha value is -1.35. The monoisotopic (exact) mass is 261 g/mol. The molecule has 1 saturated carbocycles. The van der Waals surface area contributed by atoms with Crippen LogP contribution in [0.15, 0.2) is 30.3 Å². The molecule has 0 radical (unpaired) electrons. The van der Waals surface area contributed by atoms with Crippen molar-refractivity contribution >= 4 is 5.91 Å². The van der Waals surface area contributed by atoms with Crippen LogP contribution in [0.25, 0.3) is 0 Å². The van der Waals surface area contributed by atoms with Gasteiger partial charge in [-0.2, -0.15) is 0 Å². The first kappa shape index (κ1) is 14.1. The first-order chi connectivity index (χ1) is 9.08. The van der Waals surface area contributed by atoms with Crippen molar-refractivity contribution in [2.24, 2.45) is 5.92 Å². The average molecular weight is 261 g/mol. The van der Waals surface area contributed by atoms with E-state index in [4.69, 9.17) is 0 Å². The molecule has 0 aromatic heterocycles. The van der Waals surface area contributed by atoms with Crippen molar-refractivity contribution in [3.05, 3.63) is 35.9 Å². The number of hydrogen-bond acceptors (Lipinski definition) is 2. The summed E-state index contributed by atoms with van der Waals surface area (Å²) in [5, 5.41) is 13.2. The van der Waals surface area contributed by atoms with Crippen LogP contribution >= 0.6 is 0 Å². The lowest BCUT2D eigenvalue weighted by Crippen LogP contribution is -2.39. The second-order valence-corrected chi connectivity index (χ2v) is 5.77. The van der Waals surface area contributed by atoms with Gasteiger partial charge in [0.2, 0.25) is 5.91 Å². The predicted molar refractivity (Wildman–Crippen MR) is 75.6 cm³/mol. The molecular weight excluding hydrogens is 238 g/mol. The molecule has 1 aromatic carbocycles. The zero-order valence-corrected chi connectivity index (χ0v) is 11.6. The smallest absolute Gasteiger partial charge is 0.220 e. The van der Waals surface area contributed by atoms with Crippen LogP contribution in [0.1, 0.15) is 44.6 Å². The van der Waals surface area contributed by atoms with Crippen LogP contribution in [-0.2, 0) is 10.4 Å². The quantitative estimate of drug-likeness (QED) is 0.856. The SMILES string of the molecule is CC(O)(CNC(=O)CC1CCCC1)c1ccccc1. The van der Waals surface area contributed by atoms with E-state index < -0.39 is 5.60 Å². The summed E-state index contributed by atoms with van der Waals surface area (Å²) in [6, 6.07) is 9.46. The molecule has 0 aliphatic heterocycles. The van der Waals surface area contributed by atoms with Gasteiger partial charge in [0.05, 0.1) is 6.54 Å². The van der Waals surface area contributed by atoms with Gasteiger partial charge in [-0.1, -0.05) is 43.2 Å². The highest BCUT2D eigenvalue weighted by Gasteiger charge is 2.24. The largest absolute Gasteiger partial charge is 0.384 e. The van der Waals surface area contributed by atoms with Gasteiger partial charge in [-0.15, -0.1) is 0 Å². The molecule has 2 N–H and O–H groups in total. The number of benzene rings is 1. The number of rotatable bonds is 5. The van der Waals surface area contributed by atoms with Crippen molar-refractivity contribution in [1.29, 1.82) is 0 Å². The van der Waals surface area contributed by atoms with Crippen molar-refractivity contribution in [2.75, 3.05) is 6.54 Å². The lowest BCUT2D eigenvalue weighted by molar-refractivity contribution is -0.123. The van der Waals surface area contributed by atoms with Gasteiger partial charge in [0.25, 0.3) is 0 Å². The Morgan fingerprint density at radius 3 is 2.58 bits per heavy atom. The Morgan fingerprint density at radius 2 is 1.95 bits per heavy atom. The Morgan fingerprint density at radius 1 is 1.32 bits per heavy atom. The van der Waals surface area contributed by atoms with E-state index in [0.717, 1.165) is 5.56 Å². The predicted octanol–water partition coefficient (Wildman–Crippen LogP) is 2.59. The first-order valence-electron chi connectivity index (χ1n) is 7.12. The maximum Gasteiger partial charge on any atom is 0.220 e. The van der Waals surface area contributed by atoms with Crippen LogP contribution in [0, 0.1) is 5.92 Å². The minimum Gasteiger partial charge on any atom is -0.384 e. The van der Waals surface area contributed by atoms with Crippen LogP contribution < -0.4 is 5.32 Å². The minimum atomic E-state index is -1.01. The Balaban J connectivity index is 1.82. The number of aliphatic hydroxyl groups is 1. The van der Waals surface area contributed by atoms with E-state index in [2.05, 4.69) is 5.32 Å². The summed E-state index contributed by atoms with van der Waals surface area (Å²) in [4.78, 5) is 11.9. The van der Waals surface area contributed by atoms with Gasteiger partial charge in [-0.25, -0.2) is 0 Å². The number of hydrogen-bond donors (Lipinski definition) is 2. The maximum atomic E-state index is 11.9. The average Bonchev–Trinajstić information content (AvgIpc) is 2.90. The first-order valence-corrected chi connectivity index (χ1v) is 7.12. The van der Waals surface area contributed by atoms with E-state index in [1.54, 1.807) is 6.92 Å². The Kier molecular flexibility index (Phi) is 4.59. The molecular formula is C16H23NO2. The summed E-state index contributed by atoms with van der Waals surface area (Å²) < 4.78 is 0. The van der Waals surface area contributed by atoms with E-state index in [9.17, 15) is 9.90 Å². The van der Waals surface area contributed by atoms with Crippen LogP contribution in [0.2, 0.25) is 0 Å². The topological polar surface area (TPSA) is 49.3 Å². The van der Waals surface area contributed by atoms with Crippen molar-refractivity contribution in [2.45, 2.75) is 44.6 Å². The summed E-state index contributed by atoms with van der Waals surface area (Å²) in [5.41, 5.74) is -0.178. The standard InChI is InChI=1S/C16H23NO2/c1-16(19,14-9-3-2-4-10-14)12-17-15(18)11-13-7-5-6-8-13/h2-4,9-10,13,19H,5-8,11-12H2,1H3,(H,17,18). The Bertz CT molecular complexity index is 408. The molecule has 1 amide bonds. The van der Waals surface area contributed by atoms with E-state index in [-0.39, 0.29) is 12.5 Å². The molecule has 0 bridgehead atoms.